The lowest BCUT2D eigenvalue weighted by Gasteiger charge is -2.33. The van der Waals surface area contributed by atoms with Gasteiger partial charge in [0.2, 0.25) is 0 Å². The topological polar surface area (TPSA) is 119 Å². The summed E-state index contributed by atoms with van der Waals surface area (Å²) in [4.78, 5) is 35.2. The first kappa shape index (κ1) is 32.6. The molecule has 1 aromatic heterocycles. The number of hydrogen-bond acceptors (Lipinski definition) is 8. The second kappa shape index (κ2) is 16.5. The lowest BCUT2D eigenvalue weighted by Crippen LogP contribution is -2.40. The molecule has 10 nitrogen and oxygen atoms in total. The molecule has 0 spiro atoms. The van der Waals surface area contributed by atoms with Crippen LogP contribution >= 0.6 is 0 Å². The van der Waals surface area contributed by atoms with Gasteiger partial charge < -0.3 is 25.3 Å². The van der Waals surface area contributed by atoms with Gasteiger partial charge in [-0.1, -0.05) is 60.7 Å². The summed E-state index contributed by atoms with van der Waals surface area (Å²) >= 11 is 0. The molecule has 5 rings (SSSR count). The predicted octanol–water partition coefficient (Wildman–Crippen LogP) is 5.55. The van der Waals surface area contributed by atoms with E-state index >= 15 is 0 Å². The largest absolute Gasteiger partial charge is 0.441 e. The first-order valence-electron chi connectivity index (χ1n) is 15.6. The van der Waals surface area contributed by atoms with Gasteiger partial charge in [-0.2, -0.15) is 0 Å². The van der Waals surface area contributed by atoms with E-state index in [-0.39, 0.29) is 12.5 Å². The van der Waals surface area contributed by atoms with Crippen molar-refractivity contribution in [2.45, 2.75) is 19.1 Å². The van der Waals surface area contributed by atoms with Crippen molar-refractivity contribution in [3.63, 3.8) is 0 Å². The molecule has 0 saturated carbocycles. The molecule has 0 unspecified atom stereocenters. The molecule has 0 radical (unpaired) electrons. The summed E-state index contributed by atoms with van der Waals surface area (Å²) in [5.41, 5.74) is 10.0. The Morgan fingerprint density at radius 1 is 0.913 bits per heavy atom. The smallest absolute Gasteiger partial charge is 0.411 e. The van der Waals surface area contributed by atoms with Crippen LogP contribution in [0.5, 0.6) is 0 Å². The molecule has 240 valence electrons. The van der Waals surface area contributed by atoms with Crippen molar-refractivity contribution < 1.29 is 23.8 Å². The number of morpholine rings is 1. The average Bonchev–Trinajstić information content (AvgIpc) is 3.10. The predicted molar refractivity (Wildman–Crippen MR) is 177 cm³/mol. The third-order valence-electron chi connectivity index (χ3n) is 7.92. The number of hydrogen-bond donors (Lipinski definition) is 2. The Bertz CT molecular complexity index is 1530. The molecule has 1 fully saturated rings. The fraction of sp³-hybridized carbons (Fsp3) is 0.306. The number of nitrogens with two attached hydrogens (primary N) is 1. The zero-order valence-corrected chi connectivity index (χ0v) is 26.1. The van der Waals surface area contributed by atoms with Crippen LogP contribution in [0.1, 0.15) is 46.1 Å². The third kappa shape index (κ3) is 8.91. The molecule has 1 aliphatic rings. The van der Waals surface area contributed by atoms with Crippen molar-refractivity contribution in [2.75, 3.05) is 63.7 Å². The highest BCUT2D eigenvalue weighted by atomic mass is 16.6. The first-order chi connectivity index (χ1) is 22.5. The van der Waals surface area contributed by atoms with Crippen LogP contribution in [0.25, 0.3) is 0 Å². The van der Waals surface area contributed by atoms with Gasteiger partial charge in [0.15, 0.2) is 0 Å². The Balaban J connectivity index is 1.37. The van der Waals surface area contributed by atoms with Crippen molar-refractivity contribution in [3.05, 3.63) is 126 Å². The summed E-state index contributed by atoms with van der Waals surface area (Å²) in [7, 11) is 0. The highest BCUT2D eigenvalue weighted by Gasteiger charge is 2.29. The summed E-state index contributed by atoms with van der Waals surface area (Å²) in [6.45, 7) is 7.01. The van der Waals surface area contributed by atoms with E-state index in [1.165, 1.54) is 0 Å². The zero-order chi connectivity index (χ0) is 32.1. The lowest BCUT2D eigenvalue weighted by atomic mass is 9.96. The normalized spacial score (nSPS) is 14.6. The van der Waals surface area contributed by atoms with Gasteiger partial charge in [0.1, 0.15) is 6.10 Å². The van der Waals surface area contributed by atoms with Gasteiger partial charge in [0.05, 0.1) is 43.8 Å². The van der Waals surface area contributed by atoms with E-state index in [9.17, 15) is 9.59 Å². The number of anilines is 2. The van der Waals surface area contributed by atoms with Gasteiger partial charge in [-0.25, -0.2) is 4.79 Å². The number of ether oxygens (including phenoxy) is 3. The zero-order valence-electron chi connectivity index (χ0n) is 26.1. The van der Waals surface area contributed by atoms with E-state index in [1.54, 1.807) is 41.6 Å². The van der Waals surface area contributed by atoms with Crippen LogP contribution < -0.4 is 11.1 Å². The molecular weight excluding hydrogens is 582 g/mol. The van der Waals surface area contributed by atoms with Crippen molar-refractivity contribution >= 4 is 23.4 Å². The van der Waals surface area contributed by atoms with Crippen LogP contribution in [0.4, 0.5) is 16.2 Å². The standard InChI is InChI=1S/C36H41N5O5/c1-27(31-10-7-17-38-26-31)46-36(43)41(21-25-45-24-20-40-18-22-44-23-19-40)34(28-8-3-2-4-9-28)29-13-15-30(16-14-29)35(42)39-33-12-6-5-11-32(33)37/h2-17,26-27,34H,18-25,37H2,1H3,(H,39,42)/t27-,34-/m0/s1. The quantitative estimate of drug-likeness (QED) is 0.147. The average molecular weight is 624 g/mol. The Hall–Kier alpha value is -4.77. The molecule has 1 aliphatic heterocycles. The maximum Gasteiger partial charge on any atom is 0.411 e. The van der Waals surface area contributed by atoms with Gasteiger partial charge in [0.25, 0.3) is 5.91 Å². The van der Waals surface area contributed by atoms with Crippen molar-refractivity contribution in [1.82, 2.24) is 14.8 Å². The van der Waals surface area contributed by atoms with E-state index in [0.717, 1.165) is 49.5 Å². The van der Waals surface area contributed by atoms with Gasteiger partial charge in [0, 0.05) is 49.7 Å². The van der Waals surface area contributed by atoms with Crippen LogP contribution in [-0.4, -0.2) is 79.4 Å². The lowest BCUT2D eigenvalue weighted by molar-refractivity contribution is 0.0140. The number of para-hydroxylation sites is 2. The second-order valence-electron chi connectivity index (χ2n) is 11.0. The molecule has 4 aromatic rings. The molecule has 46 heavy (non-hydrogen) atoms. The van der Waals surface area contributed by atoms with Crippen LogP contribution in [-0.2, 0) is 14.2 Å². The van der Waals surface area contributed by atoms with Crippen LogP contribution in [0.2, 0.25) is 0 Å². The van der Waals surface area contributed by atoms with Crippen LogP contribution in [0, 0.1) is 0 Å². The highest BCUT2D eigenvalue weighted by molar-refractivity contribution is 6.05. The maximum absolute atomic E-state index is 14.0. The molecule has 10 heteroatoms. The van der Waals surface area contributed by atoms with Crippen molar-refractivity contribution in [3.8, 4) is 0 Å². The summed E-state index contributed by atoms with van der Waals surface area (Å²) in [6.07, 6.45) is 2.38. The number of pyridine rings is 1. The third-order valence-corrected chi connectivity index (χ3v) is 7.92. The van der Waals surface area contributed by atoms with Gasteiger partial charge in [-0.3, -0.25) is 19.6 Å². The Morgan fingerprint density at radius 2 is 1.61 bits per heavy atom. The number of nitrogen functional groups attached to an aromatic ring is 1. The molecule has 3 aromatic carbocycles. The van der Waals surface area contributed by atoms with Gasteiger partial charge >= 0.3 is 6.09 Å². The van der Waals surface area contributed by atoms with E-state index in [1.807, 2.05) is 73.7 Å². The minimum atomic E-state index is -0.515. The number of nitrogens with one attached hydrogen (secondary N) is 1. The Kier molecular flexibility index (Phi) is 11.7. The van der Waals surface area contributed by atoms with Gasteiger partial charge in [-0.05, 0) is 48.4 Å². The number of nitrogens with zero attached hydrogens (tertiary/aromatic N) is 3. The number of carbonyl (C=O) groups is 2. The number of aromatic nitrogens is 1. The Labute approximate surface area is 270 Å². The number of rotatable bonds is 13. The van der Waals surface area contributed by atoms with Crippen LogP contribution in [0.3, 0.4) is 0 Å². The minimum absolute atomic E-state index is 0.282. The first-order valence-corrected chi connectivity index (χ1v) is 15.6. The molecule has 3 N–H and O–H groups in total. The second-order valence-corrected chi connectivity index (χ2v) is 11.0. The number of carbonyl (C=O) groups excluding carboxylic acids is 2. The van der Waals surface area contributed by atoms with Crippen LogP contribution in [0.15, 0.2) is 103 Å². The van der Waals surface area contributed by atoms with Crippen molar-refractivity contribution in [1.29, 1.82) is 0 Å². The van der Waals surface area contributed by atoms with Gasteiger partial charge in [-0.15, -0.1) is 0 Å². The minimum Gasteiger partial charge on any atom is -0.441 e. The summed E-state index contributed by atoms with van der Waals surface area (Å²) in [5.74, 6) is -0.282. The van der Waals surface area contributed by atoms with E-state index in [2.05, 4.69) is 15.2 Å². The maximum atomic E-state index is 14.0. The summed E-state index contributed by atoms with van der Waals surface area (Å²) in [6, 6.07) is 27.3. The molecule has 0 bridgehead atoms. The molecule has 2 heterocycles. The molecule has 2 atom stereocenters. The molecular formula is C36H41N5O5. The van der Waals surface area contributed by atoms with E-state index in [4.69, 9.17) is 19.9 Å². The molecule has 0 aliphatic carbocycles. The van der Waals surface area contributed by atoms with E-state index < -0.39 is 18.2 Å². The fourth-order valence-corrected chi connectivity index (χ4v) is 5.32. The highest BCUT2D eigenvalue weighted by Crippen LogP contribution is 2.31. The monoisotopic (exact) mass is 623 g/mol. The Morgan fingerprint density at radius 3 is 2.33 bits per heavy atom. The summed E-state index contributed by atoms with van der Waals surface area (Å²) in [5, 5.41) is 2.87. The number of benzene rings is 3. The van der Waals surface area contributed by atoms with Crippen molar-refractivity contribution in [2.24, 2.45) is 0 Å². The molecule has 1 saturated heterocycles. The summed E-state index contributed by atoms with van der Waals surface area (Å²) < 4.78 is 17.5. The fourth-order valence-electron chi connectivity index (χ4n) is 5.32. The molecule has 2 amide bonds. The number of amides is 2. The van der Waals surface area contributed by atoms with E-state index in [0.29, 0.717) is 30.2 Å². The SMILES string of the molecule is C[C@H](OC(=O)N(CCOCCN1CCOCC1)[C@@H](c1ccccc1)c1ccc(C(=O)Nc2ccccc2N)cc1)c1cccnc1.